The lowest BCUT2D eigenvalue weighted by Crippen LogP contribution is -2.52. The lowest BCUT2D eigenvalue weighted by atomic mass is 9.59. The number of pyridine rings is 1. The third-order valence-corrected chi connectivity index (χ3v) is 7.42. The summed E-state index contributed by atoms with van der Waals surface area (Å²) < 4.78 is 6.20. The molecular weight excluding hydrogens is 392 g/mol. The Bertz CT molecular complexity index is 1250. The Balaban J connectivity index is 1.35. The summed E-state index contributed by atoms with van der Waals surface area (Å²) in [5.74, 6) is 1.52. The molecule has 160 valence electrons. The zero-order valence-electron chi connectivity index (χ0n) is 18.3. The van der Waals surface area contributed by atoms with Crippen LogP contribution in [-0.4, -0.2) is 18.1 Å². The third kappa shape index (κ3) is 3.47. The summed E-state index contributed by atoms with van der Waals surface area (Å²) in [7, 11) is 0. The van der Waals surface area contributed by atoms with Crippen LogP contribution in [-0.2, 0) is 24.9 Å². The van der Waals surface area contributed by atoms with Gasteiger partial charge in [-0.15, -0.1) is 0 Å². The molecule has 3 aromatic carbocycles. The van der Waals surface area contributed by atoms with Crippen molar-refractivity contribution in [2.24, 2.45) is 5.92 Å². The first kappa shape index (κ1) is 19.5. The number of piperidine rings is 1. The number of nitrogens with zero attached hydrogens (tertiary/aromatic N) is 1. The van der Waals surface area contributed by atoms with Gasteiger partial charge in [0.1, 0.15) is 12.4 Å². The molecule has 0 spiro atoms. The van der Waals surface area contributed by atoms with Gasteiger partial charge >= 0.3 is 0 Å². The first-order valence-corrected chi connectivity index (χ1v) is 11.7. The SMILES string of the molecule is c1ccc(COc2cccc([C@@]34CCNCC3Cc3cc5ccccc5nc3C4)c2)cc1. The molecule has 1 N–H and O–H groups in total. The molecule has 2 heterocycles. The van der Waals surface area contributed by atoms with Crippen molar-refractivity contribution in [2.75, 3.05) is 13.1 Å². The second-order valence-electron chi connectivity index (χ2n) is 9.28. The van der Waals surface area contributed by atoms with E-state index >= 15 is 0 Å². The first-order chi connectivity index (χ1) is 15.8. The number of nitrogens with one attached hydrogen (secondary N) is 1. The van der Waals surface area contributed by atoms with E-state index in [9.17, 15) is 0 Å². The van der Waals surface area contributed by atoms with Crippen molar-refractivity contribution in [2.45, 2.75) is 31.3 Å². The Morgan fingerprint density at radius 2 is 1.81 bits per heavy atom. The number of para-hydroxylation sites is 1. The number of ether oxygens (including phenoxy) is 1. The van der Waals surface area contributed by atoms with Crippen molar-refractivity contribution >= 4 is 10.9 Å². The fraction of sp³-hybridized carbons (Fsp3) is 0.276. The van der Waals surface area contributed by atoms with E-state index < -0.39 is 0 Å². The van der Waals surface area contributed by atoms with Gasteiger partial charge in [0.05, 0.1) is 5.52 Å². The quantitative estimate of drug-likeness (QED) is 0.476. The van der Waals surface area contributed by atoms with Crippen LogP contribution in [0.5, 0.6) is 5.75 Å². The number of aromatic nitrogens is 1. The van der Waals surface area contributed by atoms with Crippen LogP contribution in [0.15, 0.2) is 84.9 Å². The fourth-order valence-electron chi connectivity index (χ4n) is 5.70. The molecule has 2 aliphatic rings. The molecule has 0 saturated carbocycles. The minimum absolute atomic E-state index is 0.111. The van der Waals surface area contributed by atoms with Gasteiger partial charge in [0, 0.05) is 22.9 Å². The molecule has 1 aliphatic heterocycles. The van der Waals surface area contributed by atoms with E-state index in [0.717, 1.165) is 43.6 Å². The van der Waals surface area contributed by atoms with Crippen LogP contribution in [0.4, 0.5) is 0 Å². The van der Waals surface area contributed by atoms with Crippen molar-refractivity contribution in [3.8, 4) is 5.75 Å². The van der Waals surface area contributed by atoms with E-state index in [1.807, 2.05) is 6.07 Å². The van der Waals surface area contributed by atoms with Gasteiger partial charge < -0.3 is 10.1 Å². The maximum atomic E-state index is 6.20. The van der Waals surface area contributed by atoms with Crippen LogP contribution >= 0.6 is 0 Å². The second-order valence-corrected chi connectivity index (χ2v) is 9.28. The summed E-state index contributed by atoms with van der Waals surface area (Å²) in [4.78, 5) is 5.12. The van der Waals surface area contributed by atoms with E-state index in [-0.39, 0.29) is 5.41 Å². The Labute approximate surface area is 189 Å². The van der Waals surface area contributed by atoms with Gasteiger partial charge in [-0.05, 0) is 72.8 Å². The molecule has 4 aromatic rings. The van der Waals surface area contributed by atoms with Crippen molar-refractivity contribution in [3.05, 3.63) is 107 Å². The Hall–Kier alpha value is -3.17. The van der Waals surface area contributed by atoms with Gasteiger partial charge in [-0.2, -0.15) is 0 Å². The summed E-state index contributed by atoms with van der Waals surface area (Å²) in [6.45, 7) is 2.70. The van der Waals surface area contributed by atoms with Crippen LogP contribution in [0.3, 0.4) is 0 Å². The lowest BCUT2D eigenvalue weighted by molar-refractivity contribution is 0.180. The van der Waals surface area contributed by atoms with Gasteiger partial charge in [0.25, 0.3) is 0 Å². The number of hydrogen-bond donors (Lipinski definition) is 1. The average Bonchev–Trinajstić information content (AvgIpc) is 2.85. The predicted octanol–water partition coefficient (Wildman–Crippen LogP) is 5.46. The topological polar surface area (TPSA) is 34.1 Å². The fourth-order valence-corrected chi connectivity index (χ4v) is 5.70. The zero-order valence-corrected chi connectivity index (χ0v) is 18.3. The summed E-state index contributed by atoms with van der Waals surface area (Å²) in [6, 6.07) is 30.1. The molecule has 1 fully saturated rings. The number of fused-ring (bicyclic) bond motifs is 3. The summed E-state index contributed by atoms with van der Waals surface area (Å²) >= 11 is 0. The summed E-state index contributed by atoms with van der Waals surface area (Å²) in [5, 5.41) is 4.90. The second kappa shape index (κ2) is 8.07. The first-order valence-electron chi connectivity index (χ1n) is 11.7. The Morgan fingerprint density at radius 1 is 0.938 bits per heavy atom. The smallest absolute Gasteiger partial charge is 0.120 e. The summed E-state index contributed by atoms with van der Waals surface area (Å²) in [6.07, 6.45) is 3.21. The van der Waals surface area contributed by atoms with Gasteiger partial charge in [0.15, 0.2) is 0 Å². The molecule has 1 aliphatic carbocycles. The molecule has 0 bridgehead atoms. The van der Waals surface area contributed by atoms with E-state index in [0.29, 0.717) is 12.5 Å². The minimum atomic E-state index is 0.111. The number of rotatable bonds is 4. The lowest BCUT2D eigenvalue weighted by Gasteiger charge is -2.48. The highest BCUT2D eigenvalue weighted by Crippen LogP contribution is 2.47. The highest BCUT2D eigenvalue weighted by atomic mass is 16.5. The number of hydrogen-bond acceptors (Lipinski definition) is 3. The van der Waals surface area contributed by atoms with Gasteiger partial charge in [0.2, 0.25) is 0 Å². The molecule has 1 aromatic heterocycles. The molecule has 6 rings (SSSR count). The summed E-state index contributed by atoms with van der Waals surface area (Å²) in [5.41, 5.74) is 6.50. The minimum Gasteiger partial charge on any atom is -0.489 e. The van der Waals surface area contributed by atoms with E-state index in [2.05, 4.69) is 84.2 Å². The third-order valence-electron chi connectivity index (χ3n) is 7.42. The van der Waals surface area contributed by atoms with E-state index in [1.54, 1.807) is 0 Å². The molecule has 3 nitrogen and oxygen atoms in total. The average molecular weight is 421 g/mol. The van der Waals surface area contributed by atoms with Crippen molar-refractivity contribution in [3.63, 3.8) is 0 Å². The standard InChI is InChI=1S/C29H28N2O/c1-2-7-21(8-3-1)20-32-26-11-6-10-24(17-26)29-13-14-30-19-25(29)16-23-15-22-9-4-5-12-27(22)31-28(23)18-29/h1-12,15,17,25,30H,13-14,16,18-20H2/t25?,29-/m0/s1. The molecule has 1 unspecified atom stereocenters. The van der Waals surface area contributed by atoms with Crippen molar-refractivity contribution in [1.82, 2.24) is 10.3 Å². The van der Waals surface area contributed by atoms with Gasteiger partial charge in [-0.1, -0.05) is 60.7 Å². The molecule has 32 heavy (non-hydrogen) atoms. The largest absolute Gasteiger partial charge is 0.489 e. The van der Waals surface area contributed by atoms with Crippen LogP contribution in [0.25, 0.3) is 10.9 Å². The molecule has 2 atom stereocenters. The van der Waals surface area contributed by atoms with Crippen molar-refractivity contribution < 1.29 is 4.74 Å². The van der Waals surface area contributed by atoms with Crippen LogP contribution < -0.4 is 10.1 Å². The van der Waals surface area contributed by atoms with Crippen LogP contribution in [0.1, 0.15) is 28.8 Å². The number of benzene rings is 3. The Kier molecular flexibility index (Phi) is 4.92. The normalized spacial score (nSPS) is 22.2. The van der Waals surface area contributed by atoms with E-state index in [1.165, 1.54) is 27.8 Å². The maximum absolute atomic E-state index is 6.20. The van der Waals surface area contributed by atoms with Crippen LogP contribution in [0, 0.1) is 5.92 Å². The Morgan fingerprint density at radius 3 is 2.75 bits per heavy atom. The molecule has 0 amide bonds. The molecule has 1 saturated heterocycles. The zero-order chi connectivity index (χ0) is 21.4. The monoisotopic (exact) mass is 420 g/mol. The maximum Gasteiger partial charge on any atom is 0.120 e. The van der Waals surface area contributed by atoms with E-state index in [4.69, 9.17) is 9.72 Å². The molecular formula is C29H28N2O. The van der Waals surface area contributed by atoms with Gasteiger partial charge in [-0.3, -0.25) is 4.98 Å². The van der Waals surface area contributed by atoms with Crippen molar-refractivity contribution in [1.29, 1.82) is 0 Å². The predicted molar refractivity (Wildman–Crippen MR) is 129 cm³/mol. The van der Waals surface area contributed by atoms with Gasteiger partial charge in [-0.25, -0.2) is 0 Å². The molecule has 3 heteroatoms. The highest BCUT2D eigenvalue weighted by molar-refractivity contribution is 5.79. The molecule has 0 radical (unpaired) electrons. The highest BCUT2D eigenvalue weighted by Gasteiger charge is 2.46. The van der Waals surface area contributed by atoms with Crippen LogP contribution in [0.2, 0.25) is 0 Å².